The predicted octanol–water partition coefficient (Wildman–Crippen LogP) is 2.56. The molecular formula is C18H19N5O2. The van der Waals surface area contributed by atoms with Crippen molar-refractivity contribution in [2.75, 3.05) is 5.32 Å². The van der Waals surface area contributed by atoms with Crippen LogP contribution in [0.15, 0.2) is 53.4 Å². The number of aryl methyl sites for hydroxylation is 1. The number of anilines is 1. The van der Waals surface area contributed by atoms with Crippen LogP contribution < -0.4 is 10.6 Å². The molecule has 0 spiro atoms. The molecule has 3 aromatic heterocycles. The van der Waals surface area contributed by atoms with Crippen LogP contribution in [-0.2, 0) is 11.3 Å². The van der Waals surface area contributed by atoms with Crippen molar-refractivity contribution in [1.82, 2.24) is 20.3 Å². The number of carbonyl (C=O) groups excluding carboxylic acids is 1. The van der Waals surface area contributed by atoms with Gasteiger partial charge in [-0.1, -0.05) is 0 Å². The van der Waals surface area contributed by atoms with Crippen molar-refractivity contribution in [3.8, 4) is 11.4 Å². The van der Waals surface area contributed by atoms with Gasteiger partial charge in [-0.2, -0.15) is 0 Å². The zero-order valence-corrected chi connectivity index (χ0v) is 14.1. The molecule has 0 saturated heterocycles. The Hall–Kier alpha value is -3.22. The van der Waals surface area contributed by atoms with Gasteiger partial charge in [0.25, 0.3) is 0 Å². The summed E-state index contributed by atoms with van der Waals surface area (Å²) in [6.07, 6.45) is 4.98. The van der Waals surface area contributed by atoms with Crippen LogP contribution in [0.4, 0.5) is 5.82 Å². The number of aromatic nitrogens is 3. The molecule has 3 rings (SSSR count). The van der Waals surface area contributed by atoms with Gasteiger partial charge in [-0.3, -0.25) is 9.78 Å². The van der Waals surface area contributed by atoms with Gasteiger partial charge in [0.15, 0.2) is 5.82 Å². The molecule has 1 atom stereocenters. The van der Waals surface area contributed by atoms with Crippen molar-refractivity contribution < 1.29 is 9.21 Å². The van der Waals surface area contributed by atoms with Crippen molar-refractivity contribution in [2.24, 2.45) is 0 Å². The number of amides is 1. The highest BCUT2D eigenvalue weighted by Gasteiger charge is 2.14. The van der Waals surface area contributed by atoms with Gasteiger partial charge in [-0.15, -0.1) is 0 Å². The van der Waals surface area contributed by atoms with Crippen LogP contribution in [0.3, 0.4) is 0 Å². The zero-order valence-electron chi connectivity index (χ0n) is 14.1. The van der Waals surface area contributed by atoms with Crippen molar-refractivity contribution in [3.63, 3.8) is 0 Å². The minimum atomic E-state index is -0.453. The van der Waals surface area contributed by atoms with E-state index in [9.17, 15) is 4.79 Å². The van der Waals surface area contributed by atoms with Crippen LogP contribution in [0.25, 0.3) is 11.4 Å². The first-order valence-corrected chi connectivity index (χ1v) is 7.94. The summed E-state index contributed by atoms with van der Waals surface area (Å²) >= 11 is 0. The molecule has 3 heterocycles. The molecule has 0 saturated carbocycles. The molecule has 0 aliphatic heterocycles. The first kappa shape index (κ1) is 16.6. The van der Waals surface area contributed by atoms with Gasteiger partial charge in [0.2, 0.25) is 5.91 Å². The van der Waals surface area contributed by atoms with E-state index >= 15 is 0 Å². The molecule has 7 nitrogen and oxygen atoms in total. The standard InChI is InChI=1S/C18H19N5O2/c1-12-9-16(23-17(21-12)14-5-3-7-19-10-14)22-13(2)18(24)20-11-15-6-4-8-25-15/h3-10,13H,11H2,1-2H3,(H,20,24)(H,21,22,23). The monoisotopic (exact) mass is 337 g/mol. The zero-order chi connectivity index (χ0) is 17.6. The molecule has 3 aromatic rings. The van der Waals surface area contributed by atoms with Crippen molar-refractivity contribution >= 4 is 11.7 Å². The van der Waals surface area contributed by atoms with Gasteiger partial charge in [-0.25, -0.2) is 9.97 Å². The molecule has 128 valence electrons. The van der Waals surface area contributed by atoms with Crippen molar-refractivity contribution in [2.45, 2.75) is 26.4 Å². The predicted molar refractivity (Wildman–Crippen MR) is 93.6 cm³/mol. The number of hydrogen-bond donors (Lipinski definition) is 2. The fraction of sp³-hybridized carbons (Fsp3) is 0.222. The van der Waals surface area contributed by atoms with Crippen molar-refractivity contribution in [1.29, 1.82) is 0 Å². The third-order valence-electron chi connectivity index (χ3n) is 3.55. The van der Waals surface area contributed by atoms with Gasteiger partial charge in [0.1, 0.15) is 17.6 Å². The van der Waals surface area contributed by atoms with Crippen LogP contribution in [0.5, 0.6) is 0 Å². The Bertz CT molecular complexity index is 834. The van der Waals surface area contributed by atoms with Crippen LogP contribution in [0, 0.1) is 6.92 Å². The van der Waals surface area contributed by atoms with Gasteiger partial charge >= 0.3 is 0 Å². The third-order valence-corrected chi connectivity index (χ3v) is 3.55. The Labute approximate surface area is 145 Å². The average Bonchev–Trinajstić information content (AvgIpc) is 3.13. The van der Waals surface area contributed by atoms with E-state index in [4.69, 9.17) is 4.42 Å². The number of nitrogens with zero attached hydrogens (tertiary/aromatic N) is 3. The van der Waals surface area contributed by atoms with Crippen LogP contribution in [0.2, 0.25) is 0 Å². The van der Waals surface area contributed by atoms with Gasteiger partial charge in [0.05, 0.1) is 12.8 Å². The molecule has 0 bridgehead atoms. The second-order valence-electron chi connectivity index (χ2n) is 5.62. The van der Waals surface area contributed by atoms with E-state index in [2.05, 4.69) is 25.6 Å². The van der Waals surface area contributed by atoms with E-state index in [1.54, 1.807) is 37.7 Å². The SMILES string of the molecule is Cc1cc(NC(C)C(=O)NCc2ccco2)nc(-c2cccnc2)n1. The minimum absolute atomic E-state index is 0.143. The normalized spacial score (nSPS) is 11.8. The number of furan rings is 1. The number of rotatable bonds is 6. The summed E-state index contributed by atoms with van der Waals surface area (Å²) in [4.78, 5) is 25.2. The van der Waals surface area contributed by atoms with Crippen LogP contribution in [0.1, 0.15) is 18.4 Å². The fourth-order valence-electron chi connectivity index (χ4n) is 2.29. The maximum absolute atomic E-state index is 12.2. The Morgan fingerprint density at radius 3 is 2.88 bits per heavy atom. The molecule has 2 N–H and O–H groups in total. The summed E-state index contributed by atoms with van der Waals surface area (Å²) in [5.74, 6) is 1.72. The maximum Gasteiger partial charge on any atom is 0.242 e. The largest absolute Gasteiger partial charge is 0.467 e. The van der Waals surface area contributed by atoms with E-state index in [1.807, 2.05) is 25.1 Å². The quantitative estimate of drug-likeness (QED) is 0.718. The molecule has 1 unspecified atom stereocenters. The molecule has 0 fully saturated rings. The second-order valence-corrected chi connectivity index (χ2v) is 5.62. The topological polar surface area (TPSA) is 92.9 Å². The summed E-state index contributed by atoms with van der Waals surface area (Å²) in [5.41, 5.74) is 1.63. The molecule has 0 aliphatic rings. The smallest absolute Gasteiger partial charge is 0.242 e. The summed E-state index contributed by atoms with van der Waals surface area (Å²) in [6, 6.07) is 8.67. The lowest BCUT2D eigenvalue weighted by Gasteiger charge is -2.15. The summed E-state index contributed by atoms with van der Waals surface area (Å²) in [5, 5.41) is 5.93. The molecule has 0 aromatic carbocycles. The molecule has 7 heteroatoms. The molecule has 1 amide bonds. The molecular weight excluding hydrogens is 318 g/mol. The number of nitrogens with one attached hydrogen (secondary N) is 2. The highest BCUT2D eigenvalue weighted by Crippen LogP contribution is 2.17. The summed E-state index contributed by atoms with van der Waals surface area (Å²) in [7, 11) is 0. The molecule has 25 heavy (non-hydrogen) atoms. The van der Waals surface area contributed by atoms with E-state index < -0.39 is 6.04 Å². The Morgan fingerprint density at radius 2 is 2.16 bits per heavy atom. The van der Waals surface area contributed by atoms with E-state index in [-0.39, 0.29) is 5.91 Å². The van der Waals surface area contributed by atoms with Crippen molar-refractivity contribution in [3.05, 3.63) is 60.4 Å². The van der Waals surface area contributed by atoms with Gasteiger partial charge in [0, 0.05) is 29.7 Å². The number of hydrogen-bond acceptors (Lipinski definition) is 6. The second kappa shape index (κ2) is 7.57. The van der Waals surface area contributed by atoms with E-state index in [0.29, 0.717) is 23.9 Å². The first-order valence-electron chi connectivity index (χ1n) is 7.94. The summed E-state index contributed by atoms with van der Waals surface area (Å²) < 4.78 is 5.20. The fourth-order valence-corrected chi connectivity index (χ4v) is 2.29. The molecule has 0 aliphatic carbocycles. The Morgan fingerprint density at radius 1 is 1.28 bits per heavy atom. The first-order chi connectivity index (χ1) is 12.1. The number of carbonyl (C=O) groups is 1. The number of pyridine rings is 1. The lowest BCUT2D eigenvalue weighted by Crippen LogP contribution is -2.37. The lowest BCUT2D eigenvalue weighted by molar-refractivity contribution is -0.121. The van der Waals surface area contributed by atoms with E-state index in [0.717, 1.165) is 11.3 Å². The lowest BCUT2D eigenvalue weighted by atomic mass is 10.2. The van der Waals surface area contributed by atoms with E-state index in [1.165, 1.54) is 0 Å². The maximum atomic E-state index is 12.2. The van der Waals surface area contributed by atoms with Gasteiger partial charge < -0.3 is 15.1 Å². The van der Waals surface area contributed by atoms with Crippen LogP contribution in [-0.4, -0.2) is 26.9 Å². The average molecular weight is 337 g/mol. The highest BCUT2D eigenvalue weighted by molar-refractivity contribution is 5.83. The Kier molecular flexibility index (Phi) is 5.03. The minimum Gasteiger partial charge on any atom is -0.467 e. The summed E-state index contributed by atoms with van der Waals surface area (Å²) in [6.45, 7) is 4.01. The molecule has 0 radical (unpaired) electrons. The highest BCUT2D eigenvalue weighted by atomic mass is 16.3. The Balaban J connectivity index is 1.67. The van der Waals surface area contributed by atoms with Crippen LogP contribution >= 0.6 is 0 Å². The van der Waals surface area contributed by atoms with Gasteiger partial charge in [-0.05, 0) is 38.1 Å². The third kappa shape index (κ3) is 4.41.